The number of aryl methyl sites for hydroxylation is 1. The van der Waals surface area contributed by atoms with E-state index in [2.05, 4.69) is 38.6 Å². The summed E-state index contributed by atoms with van der Waals surface area (Å²) >= 11 is 2.94. The van der Waals surface area contributed by atoms with Gasteiger partial charge in [0.1, 0.15) is 16.3 Å². The Hall–Kier alpha value is -3.69. The lowest BCUT2D eigenvalue weighted by Crippen LogP contribution is -2.09. The van der Waals surface area contributed by atoms with Gasteiger partial charge in [0.15, 0.2) is 10.8 Å². The fourth-order valence-corrected chi connectivity index (χ4v) is 5.87. The summed E-state index contributed by atoms with van der Waals surface area (Å²) in [5, 5.41) is 10.7. The molecule has 7 nitrogen and oxygen atoms in total. The van der Waals surface area contributed by atoms with Crippen LogP contribution in [0.2, 0.25) is 0 Å². The third kappa shape index (κ3) is 3.53. The molecule has 6 rings (SSSR count). The number of hydrogen-bond donors (Lipinski definition) is 1. The van der Waals surface area contributed by atoms with Crippen molar-refractivity contribution in [3.8, 4) is 16.2 Å². The second-order valence-corrected chi connectivity index (χ2v) is 9.87. The molecule has 2 aromatic carbocycles. The average Bonchev–Trinajstić information content (AvgIpc) is 3.48. The van der Waals surface area contributed by atoms with Crippen molar-refractivity contribution in [2.24, 2.45) is 0 Å². The number of hydrogen-bond acceptors (Lipinski definition) is 7. The molecular formula is C25H19N5O2S2. The zero-order valence-corrected chi connectivity index (χ0v) is 20.0. The van der Waals surface area contributed by atoms with E-state index in [4.69, 9.17) is 9.72 Å². The molecule has 0 atom stereocenters. The third-order valence-corrected chi connectivity index (χ3v) is 7.83. The predicted molar refractivity (Wildman–Crippen MR) is 137 cm³/mol. The molecule has 0 unspecified atom stereocenters. The van der Waals surface area contributed by atoms with Crippen LogP contribution in [0.25, 0.3) is 37.2 Å². The van der Waals surface area contributed by atoms with Crippen molar-refractivity contribution < 1.29 is 4.74 Å². The number of nitrogens with zero attached hydrogens (tertiary/aromatic N) is 4. The van der Waals surface area contributed by atoms with Gasteiger partial charge >= 0.3 is 0 Å². The van der Waals surface area contributed by atoms with Crippen LogP contribution < -0.4 is 10.3 Å². The molecule has 6 aromatic rings. The summed E-state index contributed by atoms with van der Waals surface area (Å²) in [5.74, 6) is 1.88. The largest absolute Gasteiger partial charge is 0.497 e. The van der Waals surface area contributed by atoms with Gasteiger partial charge in [-0.05, 0) is 60.5 Å². The number of nitrogens with one attached hydrogen (secondary N) is 1. The Kier molecular flexibility index (Phi) is 5.08. The van der Waals surface area contributed by atoms with Crippen molar-refractivity contribution >= 4 is 49.9 Å². The van der Waals surface area contributed by atoms with Gasteiger partial charge in [-0.2, -0.15) is 0 Å². The zero-order chi connectivity index (χ0) is 23.2. The first kappa shape index (κ1) is 20.9. The SMILES string of the molecule is COc1ccc(-c2cc3nc(CSc4nnc5cc(C)c6ccccc6n45)[nH]c(=O)c3s2)cc1. The highest BCUT2D eigenvalue weighted by Gasteiger charge is 2.14. The normalized spacial score (nSPS) is 11.6. The van der Waals surface area contributed by atoms with Crippen molar-refractivity contribution in [2.45, 2.75) is 17.8 Å². The fourth-order valence-electron chi connectivity index (χ4n) is 4.06. The van der Waals surface area contributed by atoms with Crippen LogP contribution in [-0.4, -0.2) is 31.7 Å². The molecule has 4 aromatic heterocycles. The fraction of sp³-hybridized carbons (Fsp3) is 0.120. The lowest BCUT2D eigenvalue weighted by molar-refractivity contribution is 0.415. The Balaban J connectivity index is 1.33. The van der Waals surface area contributed by atoms with Crippen LogP contribution in [0.3, 0.4) is 0 Å². The predicted octanol–water partition coefficient (Wildman–Crippen LogP) is 5.46. The lowest BCUT2D eigenvalue weighted by atomic mass is 10.1. The van der Waals surface area contributed by atoms with E-state index in [9.17, 15) is 4.79 Å². The summed E-state index contributed by atoms with van der Waals surface area (Å²) in [7, 11) is 1.64. The minimum absolute atomic E-state index is 0.127. The van der Waals surface area contributed by atoms with Crippen LogP contribution in [-0.2, 0) is 5.75 Å². The van der Waals surface area contributed by atoms with Crippen molar-refractivity contribution in [2.75, 3.05) is 7.11 Å². The van der Waals surface area contributed by atoms with Crippen LogP contribution >= 0.6 is 23.1 Å². The molecule has 168 valence electrons. The smallest absolute Gasteiger partial charge is 0.268 e. The van der Waals surface area contributed by atoms with E-state index in [1.807, 2.05) is 48.5 Å². The second-order valence-electron chi connectivity index (χ2n) is 7.88. The number of thioether (sulfide) groups is 1. The number of aromatic nitrogens is 5. The third-order valence-electron chi connectivity index (χ3n) is 5.72. The number of fused-ring (bicyclic) bond motifs is 4. The van der Waals surface area contributed by atoms with E-state index in [1.54, 1.807) is 7.11 Å². The van der Waals surface area contributed by atoms with Gasteiger partial charge < -0.3 is 9.72 Å². The van der Waals surface area contributed by atoms with Gasteiger partial charge in [-0.3, -0.25) is 9.20 Å². The highest BCUT2D eigenvalue weighted by atomic mass is 32.2. The number of ether oxygens (including phenoxy) is 1. The highest BCUT2D eigenvalue weighted by molar-refractivity contribution is 7.98. The minimum Gasteiger partial charge on any atom is -0.497 e. The Labute approximate surface area is 202 Å². The maximum absolute atomic E-state index is 12.8. The van der Waals surface area contributed by atoms with Crippen molar-refractivity contribution in [1.82, 2.24) is 24.6 Å². The molecule has 0 aliphatic carbocycles. The van der Waals surface area contributed by atoms with Crippen LogP contribution in [0.1, 0.15) is 11.4 Å². The number of aromatic amines is 1. The summed E-state index contributed by atoms with van der Waals surface area (Å²) in [5.41, 5.74) is 4.62. The van der Waals surface area contributed by atoms with E-state index in [0.29, 0.717) is 21.8 Å². The molecule has 0 spiro atoms. The monoisotopic (exact) mass is 485 g/mol. The van der Waals surface area contributed by atoms with Gasteiger partial charge in [-0.25, -0.2) is 4.98 Å². The summed E-state index contributed by atoms with van der Waals surface area (Å²) in [6.45, 7) is 2.08. The summed E-state index contributed by atoms with van der Waals surface area (Å²) < 4.78 is 7.91. The first-order chi connectivity index (χ1) is 16.6. The molecule has 9 heteroatoms. The Morgan fingerprint density at radius 1 is 1.09 bits per heavy atom. The second kappa shape index (κ2) is 8.27. The number of rotatable bonds is 5. The maximum Gasteiger partial charge on any atom is 0.268 e. The van der Waals surface area contributed by atoms with E-state index in [1.165, 1.54) is 23.1 Å². The molecule has 0 radical (unpaired) electrons. The van der Waals surface area contributed by atoms with Crippen molar-refractivity contribution in [3.05, 3.63) is 82.4 Å². The molecule has 0 bridgehead atoms. The van der Waals surface area contributed by atoms with E-state index >= 15 is 0 Å². The number of H-pyrrole nitrogens is 1. The van der Waals surface area contributed by atoms with E-state index in [0.717, 1.165) is 43.5 Å². The van der Waals surface area contributed by atoms with Gasteiger partial charge in [-0.1, -0.05) is 30.0 Å². The quantitative estimate of drug-likeness (QED) is 0.327. The van der Waals surface area contributed by atoms with E-state index in [-0.39, 0.29) is 5.56 Å². The number of para-hydroxylation sites is 1. The summed E-state index contributed by atoms with van der Waals surface area (Å²) in [6, 6.07) is 20.0. The lowest BCUT2D eigenvalue weighted by Gasteiger charge is -2.07. The van der Waals surface area contributed by atoms with Crippen LogP contribution in [0.5, 0.6) is 5.75 Å². The molecule has 0 saturated carbocycles. The molecule has 0 amide bonds. The topological polar surface area (TPSA) is 85.2 Å². The molecule has 34 heavy (non-hydrogen) atoms. The Morgan fingerprint density at radius 3 is 2.74 bits per heavy atom. The van der Waals surface area contributed by atoms with Crippen molar-refractivity contribution in [1.29, 1.82) is 0 Å². The maximum atomic E-state index is 12.8. The number of thiophene rings is 1. The zero-order valence-electron chi connectivity index (χ0n) is 18.4. The van der Waals surface area contributed by atoms with Gasteiger partial charge in [0.05, 0.1) is 23.9 Å². The van der Waals surface area contributed by atoms with Gasteiger partial charge in [-0.15, -0.1) is 21.5 Å². The van der Waals surface area contributed by atoms with Crippen LogP contribution in [0, 0.1) is 6.92 Å². The number of pyridine rings is 1. The molecule has 0 aliphatic heterocycles. The average molecular weight is 486 g/mol. The van der Waals surface area contributed by atoms with Crippen LogP contribution in [0.15, 0.2) is 70.6 Å². The minimum atomic E-state index is -0.127. The first-order valence-corrected chi connectivity index (χ1v) is 12.4. The molecule has 4 heterocycles. The molecule has 0 saturated heterocycles. The molecule has 0 fully saturated rings. The molecule has 1 N–H and O–H groups in total. The van der Waals surface area contributed by atoms with Gasteiger partial charge in [0.25, 0.3) is 5.56 Å². The molecule has 0 aliphatic rings. The van der Waals surface area contributed by atoms with Gasteiger partial charge in [0, 0.05) is 10.3 Å². The number of methoxy groups -OCH3 is 1. The summed E-state index contributed by atoms with van der Waals surface area (Å²) in [4.78, 5) is 21.4. The van der Waals surface area contributed by atoms with Crippen LogP contribution in [0.4, 0.5) is 0 Å². The van der Waals surface area contributed by atoms with Gasteiger partial charge in [0.2, 0.25) is 0 Å². The standard InChI is InChI=1S/C25H19N5O2S2/c1-14-11-22-28-29-25(30(22)19-6-4-3-5-17(14)19)33-13-21-26-18-12-20(34-23(18)24(31)27-21)15-7-9-16(32-2)10-8-15/h3-12H,13H2,1-2H3,(H,26,27,31). The highest BCUT2D eigenvalue weighted by Crippen LogP contribution is 2.32. The first-order valence-electron chi connectivity index (χ1n) is 10.6. The Morgan fingerprint density at radius 2 is 1.91 bits per heavy atom. The van der Waals surface area contributed by atoms with E-state index < -0.39 is 0 Å². The Bertz CT molecular complexity index is 1730. The summed E-state index contributed by atoms with van der Waals surface area (Å²) in [6.07, 6.45) is 0. The molecular weight excluding hydrogens is 466 g/mol. The number of benzene rings is 2. The van der Waals surface area contributed by atoms with Crippen molar-refractivity contribution in [3.63, 3.8) is 0 Å².